The molecule has 8 nitrogen and oxygen atoms in total. The van der Waals surface area contributed by atoms with Crippen molar-refractivity contribution in [3.05, 3.63) is 35.2 Å². The highest BCUT2D eigenvalue weighted by Crippen LogP contribution is 2.30. The van der Waals surface area contributed by atoms with Gasteiger partial charge in [-0.2, -0.15) is 4.80 Å². The molecule has 120 valence electrons. The first-order valence-electron chi connectivity index (χ1n) is 7.04. The molecule has 0 atom stereocenters. The molecule has 2 aromatic heterocycles. The summed E-state index contributed by atoms with van der Waals surface area (Å²) in [5.74, 6) is 2.54. The highest BCUT2D eigenvalue weighted by molar-refractivity contribution is 5.60. The van der Waals surface area contributed by atoms with Crippen molar-refractivity contribution in [1.82, 2.24) is 25.4 Å². The van der Waals surface area contributed by atoms with Gasteiger partial charge in [0.1, 0.15) is 5.76 Å². The van der Waals surface area contributed by atoms with Crippen LogP contribution >= 0.6 is 0 Å². The van der Waals surface area contributed by atoms with Gasteiger partial charge < -0.3 is 14.0 Å². The van der Waals surface area contributed by atoms with Gasteiger partial charge in [0.2, 0.25) is 5.82 Å². The molecule has 3 rings (SSSR count). The van der Waals surface area contributed by atoms with Crippen molar-refractivity contribution in [1.29, 1.82) is 0 Å². The molecule has 0 radical (unpaired) electrons. The summed E-state index contributed by atoms with van der Waals surface area (Å²) in [7, 11) is 3.18. The van der Waals surface area contributed by atoms with Crippen LogP contribution in [-0.4, -0.2) is 39.6 Å². The minimum absolute atomic E-state index is 0.460. The lowest BCUT2D eigenvalue weighted by atomic mass is 10.2. The summed E-state index contributed by atoms with van der Waals surface area (Å²) >= 11 is 0. The van der Waals surface area contributed by atoms with Gasteiger partial charge >= 0.3 is 0 Å². The second-order valence-electron chi connectivity index (χ2n) is 5.02. The number of methoxy groups -OCH3 is 2. The molecule has 2 heterocycles. The Morgan fingerprint density at radius 3 is 2.57 bits per heavy atom. The third-order valence-corrected chi connectivity index (χ3v) is 3.58. The second kappa shape index (κ2) is 6.07. The smallest absolute Gasteiger partial charge is 0.205 e. The minimum atomic E-state index is 0.460. The topological polar surface area (TPSA) is 88.1 Å². The number of benzene rings is 1. The first-order chi connectivity index (χ1) is 11.1. The van der Waals surface area contributed by atoms with Gasteiger partial charge in [-0.15, -0.1) is 10.2 Å². The van der Waals surface area contributed by atoms with E-state index in [2.05, 4.69) is 20.6 Å². The molecule has 0 saturated heterocycles. The van der Waals surface area contributed by atoms with Gasteiger partial charge in [0, 0.05) is 11.1 Å². The van der Waals surface area contributed by atoms with Crippen LogP contribution in [0.15, 0.2) is 22.7 Å². The molecule has 0 aliphatic carbocycles. The molecule has 0 bridgehead atoms. The summed E-state index contributed by atoms with van der Waals surface area (Å²) in [5.41, 5.74) is 2.58. The molecule has 0 fully saturated rings. The molecule has 0 unspecified atom stereocenters. The van der Waals surface area contributed by atoms with Crippen LogP contribution in [0.3, 0.4) is 0 Å². The summed E-state index contributed by atoms with van der Waals surface area (Å²) in [4.78, 5) is 1.51. The monoisotopic (exact) mass is 315 g/mol. The van der Waals surface area contributed by atoms with Crippen molar-refractivity contribution >= 4 is 0 Å². The van der Waals surface area contributed by atoms with Gasteiger partial charge in [-0.05, 0) is 37.3 Å². The Bertz CT molecular complexity index is 805. The van der Waals surface area contributed by atoms with Crippen molar-refractivity contribution in [2.75, 3.05) is 14.2 Å². The Hall–Kier alpha value is -2.90. The third-order valence-electron chi connectivity index (χ3n) is 3.58. The minimum Gasteiger partial charge on any atom is -0.493 e. The van der Waals surface area contributed by atoms with Gasteiger partial charge in [0.05, 0.1) is 26.5 Å². The quantitative estimate of drug-likeness (QED) is 0.711. The number of rotatable bonds is 5. The number of nitrogens with zero attached hydrogens (tertiary/aromatic N) is 5. The first kappa shape index (κ1) is 15.0. The fourth-order valence-electron chi connectivity index (χ4n) is 2.27. The maximum absolute atomic E-state index is 5.29. The first-order valence-corrected chi connectivity index (χ1v) is 7.04. The maximum atomic E-state index is 5.29. The van der Waals surface area contributed by atoms with Crippen LogP contribution < -0.4 is 9.47 Å². The van der Waals surface area contributed by atoms with E-state index in [0.29, 0.717) is 23.9 Å². The van der Waals surface area contributed by atoms with Crippen molar-refractivity contribution in [2.24, 2.45) is 0 Å². The summed E-state index contributed by atoms with van der Waals surface area (Å²) in [6, 6.07) is 5.48. The zero-order valence-electron chi connectivity index (χ0n) is 13.4. The molecule has 3 aromatic rings. The predicted octanol–water partition coefficient (Wildman–Crippen LogP) is 2.01. The van der Waals surface area contributed by atoms with Crippen molar-refractivity contribution in [3.63, 3.8) is 0 Å². The van der Waals surface area contributed by atoms with E-state index < -0.39 is 0 Å². The van der Waals surface area contributed by atoms with E-state index in [9.17, 15) is 0 Å². The number of hydrogen-bond donors (Lipinski definition) is 0. The number of tetrazole rings is 1. The van der Waals surface area contributed by atoms with Crippen LogP contribution in [0.1, 0.15) is 17.0 Å². The van der Waals surface area contributed by atoms with Crippen LogP contribution in [0.5, 0.6) is 11.5 Å². The van der Waals surface area contributed by atoms with E-state index in [1.807, 2.05) is 32.0 Å². The fourth-order valence-corrected chi connectivity index (χ4v) is 2.27. The lowest BCUT2D eigenvalue weighted by molar-refractivity contribution is 0.355. The van der Waals surface area contributed by atoms with Crippen molar-refractivity contribution in [3.8, 4) is 22.9 Å². The van der Waals surface area contributed by atoms with E-state index in [0.717, 1.165) is 22.6 Å². The molecule has 0 amide bonds. The number of hydrogen-bond acceptors (Lipinski definition) is 7. The standard InChI is InChI=1S/C15H17N5O3/c1-9-12(10(2)23-18-9)8-20-17-15(16-19-20)11-5-6-13(21-3)14(7-11)22-4/h5-7H,8H2,1-4H3. The Balaban J connectivity index is 1.87. The molecule has 23 heavy (non-hydrogen) atoms. The molecule has 1 aromatic carbocycles. The third kappa shape index (κ3) is 2.87. The van der Waals surface area contributed by atoms with E-state index in [-0.39, 0.29) is 0 Å². The Morgan fingerprint density at radius 2 is 1.91 bits per heavy atom. The SMILES string of the molecule is COc1ccc(-c2nnn(Cc3c(C)noc3C)n2)cc1OC. The summed E-state index contributed by atoms with van der Waals surface area (Å²) < 4.78 is 15.7. The van der Waals surface area contributed by atoms with Crippen molar-refractivity contribution < 1.29 is 14.0 Å². The van der Waals surface area contributed by atoms with Gasteiger partial charge in [0.25, 0.3) is 0 Å². The van der Waals surface area contributed by atoms with Crippen LogP contribution in [0.2, 0.25) is 0 Å². The number of aromatic nitrogens is 5. The molecule has 8 heteroatoms. The highest BCUT2D eigenvalue weighted by atomic mass is 16.5. The average Bonchev–Trinajstić information content (AvgIpc) is 3.16. The molecule has 0 spiro atoms. The van der Waals surface area contributed by atoms with Crippen LogP contribution in [0.25, 0.3) is 11.4 Å². The number of aryl methyl sites for hydroxylation is 2. The predicted molar refractivity (Wildman–Crippen MR) is 81.4 cm³/mol. The van der Waals surface area contributed by atoms with E-state index in [1.54, 1.807) is 14.2 Å². The Kier molecular flexibility index (Phi) is 3.96. The average molecular weight is 315 g/mol. The Labute approximate surface area is 133 Å². The van der Waals surface area contributed by atoms with Crippen LogP contribution in [-0.2, 0) is 6.54 Å². The highest BCUT2D eigenvalue weighted by Gasteiger charge is 2.14. The summed E-state index contributed by atoms with van der Waals surface area (Å²) in [6.07, 6.45) is 0. The van der Waals surface area contributed by atoms with Gasteiger partial charge in [-0.1, -0.05) is 5.16 Å². The molecule has 0 aliphatic rings. The van der Waals surface area contributed by atoms with Crippen molar-refractivity contribution in [2.45, 2.75) is 20.4 Å². The summed E-state index contributed by atoms with van der Waals surface area (Å²) in [5, 5.41) is 16.5. The summed E-state index contributed by atoms with van der Waals surface area (Å²) in [6.45, 7) is 4.21. The van der Waals surface area contributed by atoms with Gasteiger partial charge in [-0.25, -0.2) is 0 Å². The van der Waals surface area contributed by atoms with Crippen LogP contribution in [0.4, 0.5) is 0 Å². The van der Waals surface area contributed by atoms with Crippen LogP contribution in [0, 0.1) is 13.8 Å². The van der Waals surface area contributed by atoms with E-state index >= 15 is 0 Å². The normalized spacial score (nSPS) is 10.8. The zero-order chi connectivity index (χ0) is 16.4. The van der Waals surface area contributed by atoms with E-state index in [1.165, 1.54) is 4.80 Å². The maximum Gasteiger partial charge on any atom is 0.205 e. The lowest BCUT2D eigenvalue weighted by Crippen LogP contribution is -2.05. The largest absolute Gasteiger partial charge is 0.493 e. The van der Waals surface area contributed by atoms with E-state index in [4.69, 9.17) is 14.0 Å². The number of ether oxygens (including phenoxy) is 2. The Morgan fingerprint density at radius 1 is 1.13 bits per heavy atom. The molecular formula is C15H17N5O3. The molecule has 0 N–H and O–H groups in total. The zero-order valence-corrected chi connectivity index (χ0v) is 13.4. The van der Waals surface area contributed by atoms with Gasteiger partial charge in [-0.3, -0.25) is 0 Å². The lowest BCUT2D eigenvalue weighted by Gasteiger charge is -2.07. The molecule has 0 aliphatic heterocycles. The second-order valence-corrected chi connectivity index (χ2v) is 5.02. The molecular weight excluding hydrogens is 298 g/mol. The molecule has 0 saturated carbocycles. The fraction of sp³-hybridized carbons (Fsp3) is 0.333. The van der Waals surface area contributed by atoms with Gasteiger partial charge in [0.15, 0.2) is 11.5 Å².